The Labute approximate surface area is 103 Å². The maximum absolute atomic E-state index is 5.84. The molecule has 0 spiro atoms. The molecule has 0 saturated heterocycles. The largest absolute Gasteiger partial charge is 0.496 e. The number of hydrogen-bond acceptors (Lipinski definition) is 2. The molecule has 1 rings (SSSR count). The van der Waals surface area contributed by atoms with Crippen LogP contribution in [0.1, 0.15) is 23.6 Å². The van der Waals surface area contributed by atoms with Gasteiger partial charge in [0.15, 0.2) is 0 Å². The predicted octanol–water partition coefficient (Wildman–Crippen LogP) is 3.24. The Morgan fingerprint density at radius 2 is 2.06 bits per heavy atom. The summed E-state index contributed by atoms with van der Waals surface area (Å²) in [6, 6.07) is 6.69. The Kier molecular flexibility index (Phi) is 5.10. The second-order valence-electron chi connectivity index (χ2n) is 4.19. The van der Waals surface area contributed by atoms with Crippen molar-refractivity contribution in [2.24, 2.45) is 0 Å². The van der Waals surface area contributed by atoms with Crippen LogP contribution >= 0.6 is 11.6 Å². The molecule has 0 amide bonds. The van der Waals surface area contributed by atoms with Crippen molar-refractivity contribution in [3.05, 3.63) is 29.3 Å². The highest BCUT2D eigenvalue weighted by atomic mass is 35.5. The minimum absolute atomic E-state index is 0.377. The molecule has 0 bridgehead atoms. The van der Waals surface area contributed by atoms with Crippen molar-refractivity contribution >= 4 is 11.6 Å². The predicted molar refractivity (Wildman–Crippen MR) is 69.5 cm³/mol. The van der Waals surface area contributed by atoms with Crippen LogP contribution < -0.4 is 4.74 Å². The van der Waals surface area contributed by atoms with Gasteiger partial charge < -0.3 is 9.64 Å². The summed E-state index contributed by atoms with van der Waals surface area (Å²) in [5.41, 5.74) is 2.46. The van der Waals surface area contributed by atoms with Crippen LogP contribution in [-0.2, 0) is 0 Å². The lowest BCUT2D eigenvalue weighted by Crippen LogP contribution is -2.20. The monoisotopic (exact) mass is 241 g/mol. The molecule has 3 heteroatoms. The van der Waals surface area contributed by atoms with Crippen LogP contribution in [0, 0.1) is 6.92 Å². The molecule has 0 fully saturated rings. The van der Waals surface area contributed by atoms with Gasteiger partial charge in [0, 0.05) is 11.9 Å². The van der Waals surface area contributed by atoms with Crippen LogP contribution in [-0.4, -0.2) is 32.0 Å². The van der Waals surface area contributed by atoms with Crippen molar-refractivity contribution in [1.82, 2.24) is 4.90 Å². The van der Waals surface area contributed by atoms with E-state index in [9.17, 15) is 0 Å². The van der Waals surface area contributed by atoms with Gasteiger partial charge in [-0.15, -0.1) is 11.6 Å². The molecule has 1 atom stereocenters. The topological polar surface area (TPSA) is 12.5 Å². The number of nitrogens with zero attached hydrogens (tertiary/aromatic N) is 1. The van der Waals surface area contributed by atoms with E-state index in [1.807, 2.05) is 6.07 Å². The van der Waals surface area contributed by atoms with Crippen LogP contribution in [0.3, 0.4) is 0 Å². The maximum Gasteiger partial charge on any atom is 0.121 e. The summed E-state index contributed by atoms with van der Waals surface area (Å²) in [6.07, 6.45) is 0.959. The zero-order valence-electron chi connectivity index (χ0n) is 10.5. The first-order valence-electron chi connectivity index (χ1n) is 5.47. The maximum atomic E-state index is 5.84. The van der Waals surface area contributed by atoms with Gasteiger partial charge in [-0.3, -0.25) is 0 Å². The van der Waals surface area contributed by atoms with Crippen molar-refractivity contribution in [2.75, 3.05) is 27.1 Å². The fraction of sp³-hybridized carbons (Fsp3) is 0.538. The van der Waals surface area contributed by atoms with Gasteiger partial charge in [0.05, 0.1) is 7.11 Å². The van der Waals surface area contributed by atoms with Gasteiger partial charge >= 0.3 is 0 Å². The number of halogens is 1. The molecular formula is C13H20ClNO. The molecular weight excluding hydrogens is 222 g/mol. The number of hydrogen-bond donors (Lipinski definition) is 0. The lowest BCUT2D eigenvalue weighted by molar-refractivity contribution is 0.292. The zero-order valence-corrected chi connectivity index (χ0v) is 11.2. The molecule has 0 heterocycles. The number of aryl methyl sites for hydroxylation is 1. The highest BCUT2D eigenvalue weighted by molar-refractivity contribution is 6.17. The Morgan fingerprint density at radius 3 is 2.50 bits per heavy atom. The molecule has 16 heavy (non-hydrogen) atoms. The molecule has 0 aliphatic rings. The summed E-state index contributed by atoms with van der Waals surface area (Å²) in [4.78, 5) is 2.20. The first kappa shape index (κ1) is 13.3. The summed E-state index contributed by atoms with van der Waals surface area (Å²) >= 11 is 5.84. The Bertz CT molecular complexity index is 339. The highest BCUT2D eigenvalue weighted by Gasteiger charge is 2.14. The van der Waals surface area contributed by atoms with Crippen LogP contribution in [0.25, 0.3) is 0 Å². The van der Waals surface area contributed by atoms with Gasteiger partial charge in [-0.2, -0.15) is 0 Å². The third-order valence-corrected chi connectivity index (χ3v) is 3.03. The normalized spacial score (nSPS) is 12.9. The zero-order chi connectivity index (χ0) is 12.1. The van der Waals surface area contributed by atoms with Crippen LogP contribution in [0.5, 0.6) is 5.75 Å². The van der Waals surface area contributed by atoms with E-state index < -0.39 is 0 Å². The van der Waals surface area contributed by atoms with E-state index in [0.29, 0.717) is 11.9 Å². The summed E-state index contributed by atoms with van der Waals surface area (Å²) in [5, 5.41) is 0. The molecule has 0 aliphatic heterocycles. The van der Waals surface area contributed by atoms with Gasteiger partial charge in [-0.25, -0.2) is 0 Å². The molecule has 1 aromatic rings. The van der Waals surface area contributed by atoms with E-state index in [1.165, 1.54) is 11.1 Å². The first-order valence-corrected chi connectivity index (χ1v) is 6.00. The van der Waals surface area contributed by atoms with Crippen LogP contribution in [0.4, 0.5) is 0 Å². The summed E-state index contributed by atoms with van der Waals surface area (Å²) in [6.45, 7) is 2.07. The van der Waals surface area contributed by atoms with Gasteiger partial charge in [-0.1, -0.05) is 12.1 Å². The number of alkyl halides is 1. The standard InChI is InChI=1S/C13H20ClNO/c1-10-9-11(5-6-13(10)16-4)12(7-8-14)15(2)3/h5-6,9,12H,7-8H2,1-4H3. The lowest BCUT2D eigenvalue weighted by atomic mass is 10.0. The molecule has 1 unspecified atom stereocenters. The average molecular weight is 242 g/mol. The van der Waals surface area contributed by atoms with Gasteiger partial charge in [0.1, 0.15) is 5.75 Å². The fourth-order valence-electron chi connectivity index (χ4n) is 1.94. The van der Waals surface area contributed by atoms with E-state index in [4.69, 9.17) is 16.3 Å². The third-order valence-electron chi connectivity index (χ3n) is 2.81. The van der Waals surface area contributed by atoms with Gasteiger partial charge in [-0.05, 0) is 44.6 Å². The Morgan fingerprint density at radius 1 is 1.38 bits per heavy atom. The molecule has 0 aromatic heterocycles. The molecule has 1 aromatic carbocycles. The lowest BCUT2D eigenvalue weighted by Gasteiger charge is -2.24. The van der Waals surface area contributed by atoms with E-state index in [2.05, 4.69) is 38.1 Å². The second-order valence-corrected chi connectivity index (χ2v) is 4.56. The van der Waals surface area contributed by atoms with Crippen molar-refractivity contribution in [3.63, 3.8) is 0 Å². The van der Waals surface area contributed by atoms with Crippen LogP contribution in [0.2, 0.25) is 0 Å². The Hall–Kier alpha value is -0.730. The van der Waals surface area contributed by atoms with Crippen LogP contribution in [0.15, 0.2) is 18.2 Å². The van der Waals surface area contributed by atoms with E-state index in [0.717, 1.165) is 12.2 Å². The number of ether oxygens (including phenoxy) is 1. The van der Waals surface area contributed by atoms with Crippen molar-refractivity contribution in [1.29, 1.82) is 0 Å². The average Bonchev–Trinajstić information content (AvgIpc) is 2.25. The van der Waals surface area contributed by atoms with E-state index in [1.54, 1.807) is 7.11 Å². The quantitative estimate of drug-likeness (QED) is 0.734. The van der Waals surface area contributed by atoms with Crippen molar-refractivity contribution in [2.45, 2.75) is 19.4 Å². The van der Waals surface area contributed by atoms with Gasteiger partial charge in [0.25, 0.3) is 0 Å². The second kappa shape index (κ2) is 6.12. The molecule has 90 valence electrons. The minimum atomic E-state index is 0.377. The summed E-state index contributed by atoms with van der Waals surface area (Å²) in [7, 11) is 5.86. The minimum Gasteiger partial charge on any atom is -0.496 e. The van der Waals surface area contributed by atoms with E-state index >= 15 is 0 Å². The molecule has 0 radical (unpaired) electrons. The molecule has 2 nitrogen and oxygen atoms in total. The summed E-state index contributed by atoms with van der Waals surface area (Å²) < 4.78 is 5.26. The van der Waals surface area contributed by atoms with Crippen molar-refractivity contribution in [3.8, 4) is 5.75 Å². The first-order chi connectivity index (χ1) is 7.60. The fourth-order valence-corrected chi connectivity index (χ4v) is 2.14. The molecule has 0 aliphatic carbocycles. The highest BCUT2D eigenvalue weighted by Crippen LogP contribution is 2.27. The smallest absolute Gasteiger partial charge is 0.121 e. The third kappa shape index (κ3) is 3.13. The SMILES string of the molecule is COc1ccc(C(CCCl)N(C)C)cc1C. The number of benzene rings is 1. The number of methoxy groups -OCH3 is 1. The molecule has 0 N–H and O–H groups in total. The Balaban J connectivity index is 2.97. The van der Waals surface area contributed by atoms with Crippen molar-refractivity contribution < 1.29 is 4.74 Å². The summed E-state index contributed by atoms with van der Waals surface area (Å²) in [5.74, 6) is 1.61. The number of rotatable bonds is 5. The van der Waals surface area contributed by atoms with Gasteiger partial charge in [0.2, 0.25) is 0 Å². The molecule has 0 saturated carbocycles. The van der Waals surface area contributed by atoms with E-state index in [-0.39, 0.29) is 0 Å².